The van der Waals surface area contributed by atoms with Gasteiger partial charge in [0.05, 0.1) is 29.9 Å². The highest BCUT2D eigenvalue weighted by Gasteiger charge is 2.49. The van der Waals surface area contributed by atoms with Crippen molar-refractivity contribution in [3.05, 3.63) is 24.2 Å². The van der Waals surface area contributed by atoms with Crippen molar-refractivity contribution in [1.82, 2.24) is 9.80 Å². The van der Waals surface area contributed by atoms with E-state index in [1.54, 1.807) is 30.9 Å². The van der Waals surface area contributed by atoms with Crippen LogP contribution in [0.25, 0.3) is 0 Å². The van der Waals surface area contributed by atoms with Crippen molar-refractivity contribution in [2.75, 3.05) is 24.6 Å². The maximum atomic E-state index is 12.6. The van der Waals surface area contributed by atoms with Gasteiger partial charge in [0.15, 0.2) is 15.6 Å². The van der Waals surface area contributed by atoms with Crippen molar-refractivity contribution in [3.63, 3.8) is 0 Å². The van der Waals surface area contributed by atoms with E-state index < -0.39 is 21.9 Å². The summed E-state index contributed by atoms with van der Waals surface area (Å²) in [5.41, 5.74) is 0. The number of piperazine rings is 1. The zero-order valence-corrected chi connectivity index (χ0v) is 14.0. The third-order valence-electron chi connectivity index (χ3n) is 4.45. The minimum absolute atomic E-state index is 0.0674. The summed E-state index contributed by atoms with van der Waals surface area (Å²) < 4.78 is 29.3. The molecule has 0 aromatic carbocycles. The van der Waals surface area contributed by atoms with Gasteiger partial charge in [0.25, 0.3) is 5.91 Å². The first-order valence-electron chi connectivity index (χ1n) is 7.65. The lowest BCUT2D eigenvalue weighted by atomic mass is 10.0. The summed E-state index contributed by atoms with van der Waals surface area (Å²) in [6.07, 6.45) is 1.41. The molecule has 2 amide bonds. The van der Waals surface area contributed by atoms with Gasteiger partial charge in [0.1, 0.15) is 0 Å². The Hall–Kier alpha value is -1.83. The van der Waals surface area contributed by atoms with Crippen molar-refractivity contribution in [1.29, 1.82) is 0 Å². The van der Waals surface area contributed by atoms with Crippen molar-refractivity contribution >= 4 is 21.7 Å². The molecule has 1 aromatic heterocycles. The number of hydrogen-bond acceptors (Lipinski definition) is 5. The summed E-state index contributed by atoms with van der Waals surface area (Å²) in [6, 6.07) is 2.21. The summed E-state index contributed by atoms with van der Waals surface area (Å²) in [6.45, 7) is 4.25. The molecule has 2 aliphatic heterocycles. The number of nitrogens with zero attached hydrogens (tertiary/aromatic N) is 2. The van der Waals surface area contributed by atoms with Crippen LogP contribution < -0.4 is 0 Å². The lowest BCUT2D eigenvalue weighted by Gasteiger charge is -2.44. The molecule has 0 radical (unpaired) electrons. The smallest absolute Gasteiger partial charge is 0.289 e. The van der Waals surface area contributed by atoms with E-state index in [-0.39, 0.29) is 35.0 Å². The SMILES string of the molecule is CC(C)C(=O)N1CCN(C(=O)c2ccco2)[C@H]2CS(=O)(=O)C[C@H]21. The Morgan fingerprint density at radius 2 is 1.78 bits per heavy atom. The van der Waals surface area contributed by atoms with Gasteiger partial charge in [-0.1, -0.05) is 13.8 Å². The van der Waals surface area contributed by atoms with E-state index >= 15 is 0 Å². The fourth-order valence-corrected chi connectivity index (χ4v) is 5.33. The lowest BCUT2D eigenvalue weighted by Crippen LogP contribution is -2.62. The quantitative estimate of drug-likeness (QED) is 0.777. The lowest BCUT2D eigenvalue weighted by molar-refractivity contribution is -0.139. The van der Waals surface area contributed by atoms with Crippen LogP contribution in [0.15, 0.2) is 22.8 Å². The van der Waals surface area contributed by atoms with E-state index in [0.717, 1.165) is 0 Å². The van der Waals surface area contributed by atoms with Crippen LogP contribution in [0, 0.1) is 5.92 Å². The number of carbonyl (C=O) groups excluding carboxylic acids is 2. The Morgan fingerprint density at radius 3 is 2.35 bits per heavy atom. The van der Waals surface area contributed by atoms with Crippen molar-refractivity contribution in [2.24, 2.45) is 5.92 Å². The first-order valence-corrected chi connectivity index (χ1v) is 9.47. The van der Waals surface area contributed by atoms with Gasteiger partial charge in [0.2, 0.25) is 5.91 Å². The van der Waals surface area contributed by atoms with Gasteiger partial charge in [-0.05, 0) is 12.1 Å². The summed E-state index contributed by atoms with van der Waals surface area (Å²) >= 11 is 0. The van der Waals surface area contributed by atoms with Gasteiger partial charge in [-0.2, -0.15) is 0 Å². The van der Waals surface area contributed by atoms with Gasteiger partial charge < -0.3 is 14.2 Å². The fraction of sp³-hybridized carbons (Fsp3) is 0.600. The van der Waals surface area contributed by atoms with E-state index in [4.69, 9.17) is 4.42 Å². The van der Waals surface area contributed by atoms with Gasteiger partial charge in [-0.3, -0.25) is 9.59 Å². The molecular weight excluding hydrogens is 320 g/mol. The summed E-state index contributed by atoms with van der Waals surface area (Å²) in [5.74, 6) is -0.590. The molecule has 8 heteroatoms. The molecule has 0 bridgehead atoms. The van der Waals surface area contributed by atoms with Crippen LogP contribution in [-0.2, 0) is 14.6 Å². The maximum Gasteiger partial charge on any atom is 0.289 e. The molecule has 7 nitrogen and oxygen atoms in total. The van der Waals surface area contributed by atoms with Crippen LogP contribution in [0.3, 0.4) is 0 Å². The van der Waals surface area contributed by atoms with Crippen LogP contribution in [0.2, 0.25) is 0 Å². The number of hydrogen-bond donors (Lipinski definition) is 0. The highest BCUT2D eigenvalue weighted by Crippen LogP contribution is 2.29. The Labute approximate surface area is 135 Å². The monoisotopic (exact) mass is 340 g/mol. The van der Waals surface area contributed by atoms with Crippen LogP contribution >= 0.6 is 0 Å². The average Bonchev–Trinajstić information content (AvgIpc) is 3.10. The van der Waals surface area contributed by atoms with Crippen LogP contribution in [0.1, 0.15) is 24.4 Å². The second-order valence-electron chi connectivity index (χ2n) is 6.37. The summed E-state index contributed by atoms with van der Waals surface area (Å²) in [7, 11) is -3.27. The van der Waals surface area contributed by atoms with E-state index in [2.05, 4.69) is 0 Å². The second-order valence-corrected chi connectivity index (χ2v) is 8.53. The number of sulfone groups is 1. The number of furan rings is 1. The minimum atomic E-state index is -3.27. The predicted molar refractivity (Wildman–Crippen MR) is 82.5 cm³/mol. The molecule has 0 unspecified atom stereocenters. The van der Waals surface area contributed by atoms with Crippen LogP contribution in [0.4, 0.5) is 0 Å². The molecule has 1 aromatic rings. The zero-order valence-electron chi connectivity index (χ0n) is 13.1. The molecule has 0 aliphatic carbocycles. The standard InChI is InChI=1S/C15H20N2O5S/c1-10(2)14(18)16-5-6-17(15(19)13-4-3-7-22-13)12-9-23(20,21)8-11(12)16/h3-4,7,10-12H,5-6,8-9H2,1-2H3/t11-,12+/m1/s1. The van der Waals surface area contributed by atoms with E-state index in [0.29, 0.717) is 13.1 Å². The van der Waals surface area contributed by atoms with Gasteiger partial charge in [-0.25, -0.2) is 8.42 Å². The molecule has 126 valence electrons. The number of amides is 2. The van der Waals surface area contributed by atoms with Gasteiger partial charge in [-0.15, -0.1) is 0 Å². The average molecular weight is 340 g/mol. The molecular formula is C15H20N2O5S. The topological polar surface area (TPSA) is 87.9 Å². The predicted octanol–water partition coefficient (Wildman–Crippen LogP) is 0.386. The highest BCUT2D eigenvalue weighted by molar-refractivity contribution is 7.91. The Kier molecular flexibility index (Phi) is 3.95. The fourth-order valence-electron chi connectivity index (χ4n) is 3.35. The minimum Gasteiger partial charge on any atom is -0.459 e. The Balaban J connectivity index is 1.90. The Morgan fingerprint density at radius 1 is 1.17 bits per heavy atom. The molecule has 2 atom stereocenters. The van der Waals surface area contributed by atoms with Crippen LogP contribution in [0.5, 0.6) is 0 Å². The molecule has 0 spiro atoms. The highest BCUT2D eigenvalue weighted by atomic mass is 32.2. The van der Waals surface area contributed by atoms with Crippen molar-refractivity contribution in [2.45, 2.75) is 25.9 Å². The second kappa shape index (κ2) is 5.67. The van der Waals surface area contributed by atoms with E-state index in [1.807, 2.05) is 0 Å². The molecule has 2 aliphatic rings. The third kappa shape index (κ3) is 2.87. The van der Waals surface area contributed by atoms with Crippen LogP contribution in [-0.4, -0.2) is 66.7 Å². The number of fused-ring (bicyclic) bond motifs is 1. The molecule has 2 fully saturated rings. The molecule has 0 saturated carbocycles. The van der Waals surface area contributed by atoms with Crippen molar-refractivity contribution in [3.8, 4) is 0 Å². The van der Waals surface area contributed by atoms with Crippen molar-refractivity contribution < 1.29 is 22.4 Å². The van der Waals surface area contributed by atoms with Gasteiger partial charge in [0, 0.05) is 19.0 Å². The molecule has 2 saturated heterocycles. The number of rotatable bonds is 2. The number of carbonyl (C=O) groups is 2. The van der Waals surface area contributed by atoms with E-state index in [9.17, 15) is 18.0 Å². The molecule has 3 heterocycles. The molecule has 0 N–H and O–H groups in total. The maximum absolute atomic E-state index is 12.6. The summed E-state index contributed by atoms with van der Waals surface area (Å²) in [5, 5.41) is 0. The Bertz CT molecular complexity index is 710. The zero-order chi connectivity index (χ0) is 16.8. The molecule has 23 heavy (non-hydrogen) atoms. The molecule has 3 rings (SSSR count). The van der Waals surface area contributed by atoms with E-state index in [1.165, 1.54) is 11.2 Å². The largest absolute Gasteiger partial charge is 0.459 e. The normalized spacial score (nSPS) is 26.4. The van der Waals surface area contributed by atoms with Gasteiger partial charge >= 0.3 is 0 Å². The summed E-state index contributed by atoms with van der Waals surface area (Å²) in [4.78, 5) is 28.1. The first-order chi connectivity index (χ1) is 10.8. The third-order valence-corrected chi connectivity index (χ3v) is 6.14. The first kappa shape index (κ1) is 16.0.